The zero-order valence-electron chi connectivity index (χ0n) is 16.9. The molecule has 148 valence electrons. The molecule has 1 saturated heterocycles. The van der Waals surface area contributed by atoms with Crippen molar-refractivity contribution in [1.82, 2.24) is 9.88 Å². The maximum atomic E-state index is 6.09. The van der Waals surface area contributed by atoms with Crippen molar-refractivity contribution in [3.63, 3.8) is 0 Å². The number of aromatic nitrogens is 1. The highest BCUT2D eigenvalue weighted by atomic mass is 16.5. The van der Waals surface area contributed by atoms with Crippen LogP contribution in [0.25, 0.3) is 11.7 Å². The van der Waals surface area contributed by atoms with Crippen LogP contribution in [0.1, 0.15) is 35.6 Å². The molecule has 1 unspecified atom stereocenters. The van der Waals surface area contributed by atoms with Crippen LogP contribution in [-0.4, -0.2) is 29.6 Å². The molecule has 0 spiro atoms. The molecular formula is C23H28N2O3. The zero-order chi connectivity index (χ0) is 19.5. The Morgan fingerprint density at radius 3 is 2.75 bits per heavy atom. The number of nitrogens with zero attached hydrogens (tertiary/aromatic N) is 2. The van der Waals surface area contributed by atoms with Gasteiger partial charge in [-0.2, -0.15) is 0 Å². The average molecular weight is 380 g/mol. The molecule has 0 aliphatic carbocycles. The molecule has 1 aliphatic rings. The number of furan rings is 1. The summed E-state index contributed by atoms with van der Waals surface area (Å²) < 4.78 is 17.6. The minimum Gasteiger partial charge on any atom is -0.493 e. The lowest BCUT2D eigenvalue weighted by Gasteiger charge is -2.32. The molecule has 0 saturated carbocycles. The first-order chi connectivity index (χ1) is 13.6. The summed E-state index contributed by atoms with van der Waals surface area (Å²) in [5, 5.41) is 0. The normalized spacial score (nSPS) is 17.8. The van der Waals surface area contributed by atoms with Crippen molar-refractivity contribution >= 4 is 0 Å². The van der Waals surface area contributed by atoms with E-state index in [9.17, 15) is 0 Å². The first-order valence-electron chi connectivity index (χ1n) is 10.0. The molecule has 4 rings (SSSR count). The van der Waals surface area contributed by atoms with Gasteiger partial charge < -0.3 is 13.6 Å². The van der Waals surface area contributed by atoms with Gasteiger partial charge in [0.05, 0.1) is 12.3 Å². The van der Waals surface area contributed by atoms with Gasteiger partial charge in [0.15, 0.2) is 5.76 Å². The lowest BCUT2D eigenvalue weighted by molar-refractivity contribution is 0.123. The second kappa shape index (κ2) is 8.23. The van der Waals surface area contributed by atoms with Gasteiger partial charge in [-0.05, 0) is 63.9 Å². The smallest absolute Gasteiger partial charge is 0.263 e. The molecule has 0 amide bonds. The van der Waals surface area contributed by atoms with E-state index in [4.69, 9.17) is 13.6 Å². The molecule has 1 fully saturated rings. The second-order valence-corrected chi connectivity index (χ2v) is 7.75. The maximum Gasteiger partial charge on any atom is 0.263 e. The third-order valence-electron chi connectivity index (χ3n) is 5.39. The van der Waals surface area contributed by atoms with E-state index in [0.29, 0.717) is 17.6 Å². The molecule has 3 aromatic rings. The van der Waals surface area contributed by atoms with Gasteiger partial charge in [0.25, 0.3) is 5.89 Å². The highest BCUT2D eigenvalue weighted by Crippen LogP contribution is 2.26. The van der Waals surface area contributed by atoms with E-state index in [1.807, 2.05) is 44.2 Å². The van der Waals surface area contributed by atoms with Crippen LogP contribution in [0, 0.1) is 26.7 Å². The molecule has 0 bridgehead atoms. The van der Waals surface area contributed by atoms with Gasteiger partial charge in [-0.15, -0.1) is 0 Å². The average Bonchev–Trinajstić information content (AvgIpc) is 3.27. The van der Waals surface area contributed by atoms with Crippen molar-refractivity contribution in [3.8, 4) is 17.4 Å². The fourth-order valence-electron chi connectivity index (χ4n) is 3.80. The van der Waals surface area contributed by atoms with E-state index in [0.717, 1.165) is 49.2 Å². The number of hydrogen-bond donors (Lipinski definition) is 0. The van der Waals surface area contributed by atoms with E-state index in [1.54, 1.807) is 0 Å². The molecule has 5 heteroatoms. The number of ether oxygens (including phenoxy) is 1. The Hall–Kier alpha value is -2.53. The van der Waals surface area contributed by atoms with E-state index >= 15 is 0 Å². The Labute approximate surface area is 166 Å². The standard InChI is InChI=1S/C23H28N2O3/c1-16-7-4-5-9-21(16)26-15-19-8-6-12-25(13-19)14-20-18(3)28-23(24-20)22-11-10-17(2)27-22/h4-5,7,9-11,19H,6,8,12-15H2,1-3H3. The highest BCUT2D eigenvalue weighted by molar-refractivity contribution is 5.45. The molecule has 1 aromatic carbocycles. The van der Waals surface area contributed by atoms with Crippen LogP contribution in [0.2, 0.25) is 0 Å². The molecule has 1 aliphatic heterocycles. The Morgan fingerprint density at radius 2 is 1.96 bits per heavy atom. The monoisotopic (exact) mass is 380 g/mol. The molecule has 28 heavy (non-hydrogen) atoms. The fourth-order valence-corrected chi connectivity index (χ4v) is 3.80. The predicted octanol–water partition coefficient (Wildman–Crippen LogP) is 5.15. The van der Waals surface area contributed by atoms with Crippen LogP contribution in [0.4, 0.5) is 0 Å². The third-order valence-corrected chi connectivity index (χ3v) is 5.39. The van der Waals surface area contributed by atoms with Crippen LogP contribution in [0.3, 0.4) is 0 Å². The van der Waals surface area contributed by atoms with Gasteiger partial charge in [0.2, 0.25) is 0 Å². The quantitative estimate of drug-likeness (QED) is 0.592. The number of para-hydroxylation sites is 1. The van der Waals surface area contributed by atoms with Crippen molar-refractivity contribution in [2.24, 2.45) is 5.92 Å². The molecule has 2 aromatic heterocycles. The van der Waals surface area contributed by atoms with E-state index in [1.165, 1.54) is 18.4 Å². The number of benzene rings is 1. The second-order valence-electron chi connectivity index (χ2n) is 7.75. The van der Waals surface area contributed by atoms with Crippen LogP contribution >= 0.6 is 0 Å². The van der Waals surface area contributed by atoms with Crippen LogP contribution in [-0.2, 0) is 6.54 Å². The molecule has 0 N–H and O–H groups in total. The van der Waals surface area contributed by atoms with E-state index in [2.05, 4.69) is 22.9 Å². The van der Waals surface area contributed by atoms with E-state index < -0.39 is 0 Å². The SMILES string of the molecule is Cc1ccc(-c2nc(CN3CCCC(COc4ccccc4C)C3)c(C)o2)o1. The van der Waals surface area contributed by atoms with Crippen molar-refractivity contribution in [2.45, 2.75) is 40.2 Å². The Kier molecular flexibility index (Phi) is 5.53. The summed E-state index contributed by atoms with van der Waals surface area (Å²) in [7, 11) is 0. The first-order valence-corrected chi connectivity index (χ1v) is 10.0. The number of likely N-dealkylation sites (tertiary alicyclic amines) is 1. The topological polar surface area (TPSA) is 51.6 Å². The Morgan fingerprint density at radius 1 is 1.11 bits per heavy atom. The highest BCUT2D eigenvalue weighted by Gasteiger charge is 2.23. The number of aryl methyl sites for hydroxylation is 3. The van der Waals surface area contributed by atoms with Crippen LogP contribution in [0.15, 0.2) is 45.2 Å². The Balaban J connectivity index is 1.36. The summed E-state index contributed by atoms with van der Waals surface area (Å²) in [6.45, 7) is 9.66. The zero-order valence-corrected chi connectivity index (χ0v) is 16.9. The van der Waals surface area contributed by atoms with Crippen LogP contribution in [0.5, 0.6) is 5.75 Å². The first kappa shape index (κ1) is 18.8. The number of oxazole rings is 1. The molecular weight excluding hydrogens is 352 g/mol. The van der Waals surface area contributed by atoms with Gasteiger partial charge >= 0.3 is 0 Å². The van der Waals surface area contributed by atoms with Crippen molar-refractivity contribution in [1.29, 1.82) is 0 Å². The lowest BCUT2D eigenvalue weighted by atomic mass is 9.98. The predicted molar refractivity (Wildman–Crippen MR) is 108 cm³/mol. The summed E-state index contributed by atoms with van der Waals surface area (Å²) in [4.78, 5) is 7.14. The van der Waals surface area contributed by atoms with Crippen molar-refractivity contribution in [2.75, 3.05) is 19.7 Å². The van der Waals surface area contributed by atoms with Gasteiger partial charge in [-0.25, -0.2) is 4.98 Å². The molecule has 3 heterocycles. The number of piperidine rings is 1. The lowest BCUT2D eigenvalue weighted by Crippen LogP contribution is -2.37. The molecule has 0 radical (unpaired) electrons. The summed E-state index contributed by atoms with van der Waals surface area (Å²) in [6.07, 6.45) is 2.39. The van der Waals surface area contributed by atoms with Gasteiger partial charge in [-0.1, -0.05) is 18.2 Å². The largest absolute Gasteiger partial charge is 0.493 e. The summed E-state index contributed by atoms with van der Waals surface area (Å²) in [5.41, 5.74) is 2.18. The Bertz CT molecular complexity index is 928. The number of rotatable bonds is 6. The molecule has 5 nitrogen and oxygen atoms in total. The van der Waals surface area contributed by atoms with Crippen molar-refractivity contribution in [3.05, 3.63) is 59.2 Å². The molecule has 1 atom stereocenters. The minimum atomic E-state index is 0.535. The number of hydrogen-bond acceptors (Lipinski definition) is 5. The summed E-state index contributed by atoms with van der Waals surface area (Å²) >= 11 is 0. The summed E-state index contributed by atoms with van der Waals surface area (Å²) in [5.74, 6) is 4.51. The van der Waals surface area contributed by atoms with Gasteiger partial charge in [0, 0.05) is 19.0 Å². The fraction of sp³-hybridized carbons (Fsp3) is 0.435. The van der Waals surface area contributed by atoms with E-state index in [-0.39, 0.29) is 0 Å². The third kappa shape index (κ3) is 4.30. The van der Waals surface area contributed by atoms with Gasteiger partial charge in [-0.3, -0.25) is 4.90 Å². The van der Waals surface area contributed by atoms with Crippen LogP contribution < -0.4 is 4.74 Å². The summed E-state index contributed by atoms with van der Waals surface area (Å²) in [6, 6.07) is 12.0. The minimum absolute atomic E-state index is 0.535. The maximum absolute atomic E-state index is 6.09. The van der Waals surface area contributed by atoms with Gasteiger partial charge in [0.1, 0.15) is 17.3 Å². The van der Waals surface area contributed by atoms with Crippen molar-refractivity contribution < 1.29 is 13.6 Å².